The van der Waals surface area contributed by atoms with E-state index in [1.165, 1.54) is 12.1 Å². The van der Waals surface area contributed by atoms with E-state index >= 15 is 0 Å². The molecule has 6 heteroatoms. The molecule has 0 bridgehead atoms. The summed E-state index contributed by atoms with van der Waals surface area (Å²) >= 11 is 0. The molecule has 0 aliphatic rings. The van der Waals surface area contributed by atoms with Gasteiger partial charge >= 0.3 is 6.18 Å². The highest BCUT2D eigenvalue weighted by Gasteiger charge is 2.34. The van der Waals surface area contributed by atoms with Crippen molar-refractivity contribution in [3.8, 4) is 11.3 Å². The largest absolute Gasteiger partial charge is 0.417 e. The molecule has 1 heterocycles. The first-order valence-corrected chi connectivity index (χ1v) is 6.84. The van der Waals surface area contributed by atoms with Crippen LogP contribution in [-0.4, -0.2) is 11.2 Å². The van der Waals surface area contributed by atoms with Crippen LogP contribution < -0.4 is 0 Å². The minimum atomic E-state index is -4.67. The monoisotopic (exact) mass is 327 g/mol. The molecular weight excluding hydrogens is 313 g/mol. The van der Waals surface area contributed by atoms with E-state index in [0.717, 1.165) is 18.2 Å². The van der Waals surface area contributed by atoms with Gasteiger partial charge in [-0.25, -0.2) is 13.8 Å². The minimum absolute atomic E-state index is 0.0970. The van der Waals surface area contributed by atoms with Crippen molar-refractivity contribution in [1.29, 1.82) is 0 Å². The molecule has 0 N–H and O–H groups in total. The first-order valence-electron chi connectivity index (χ1n) is 6.84. The van der Waals surface area contributed by atoms with Gasteiger partial charge in [-0.3, -0.25) is 0 Å². The van der Waals surface area contributed by atoms with Gasteiger partial charge in [0.15, 0.2) is 5.82 Å². The Hall–Kier alpha value is -2.24. The molecule has 0 aliphatic heterocycles. The van der Waals surface area contributed by atoms with Crippen LogP contribution >= 0.6 is 0 Å². The highest BCUT2D eigenvalue weighted by Crippen LogP contribution is 2.35. The van der Waals surface area contributed by atoms with Gasteiger partial charge in [0, 0.05) is 5.56 Å². The molecule has 0 aliphatic carbocycles. The number of alkyl halides is 3. The molecule has 0 saturated carbocycles. The van der Waals surface area contributed by atoms with Gasteiger partial charge in [-0.2, -0.15) is 13.2 Å². The zero-order chi connectivity index (χ0) is 17.4. The second-order valence-corrected chi connectivity index (χ2v) is 5.40. The lowest BCUT2D eigenvalue weighted by Gasteiger charge is -2.16. The van der Waals surface area contributed by atoms with Gasteiger partial charge in [-0.1, -0.05) is 20.4 Å². The molecular formula is C17H14F5N. The van der Waals surface area contributed by atoms with Crippen LogP contribution in [0.2, 0.25) is 0 Å². The van der Waals surface area contributed by atoms with E-state index in [0.29, 0.717) is 0 Å². The number of benzene rings is 1. The topological polar surface area (TPSA) is 12.9 Å². The van der Waals surface area contributed by atoms with E-state index in [2.05, 4.69) is 11.6 Å². The Morgan fingerprint density at radius 2 is 1.65 bits per heavy atom. The summed E-state index contributed by atoms with van der Waals surface area (Å²) in [6.45, 7) is 6.32. The van der Waals surface area contributed by atoms with Crippen LogP contribution in [0.3, 0.4) is 0 Å². The van der Waals surface area contributed by atoms with Crippen LogP contribution in [0.25, 0.3) is 16.8 Å². The molecule has 0 unspecified atom stereocenters. The summed E-state index contributed by atoms with van der Waals surface area (Å²) in [6.07, 6.45) is -4.67. The SMILES string of the molecule is C=C(c1cc(C(C)C)c(F)c(-c2ccc(F)cc2)n1)C(F)(F)F. The fourth-order valence-electron chi connectivity index (χ4n) is 2.07. The van der Waals surface area contributed by atoms with Crippen molar-refractivity contribution >= 4 is 5.57 Å². The molecule has 1 aromatic carbocycles. The number of hydrogen-bond donors (Lipinski definition) is 0. The van der Waals surface area contributed by atoms with Crippen molar-refractivity contribution in [2.75, 3.05) is 0 Å². The fourth-order valence-corrected chi connectivity index (χ4v) is 2.07. The number of hydrogen-bond acceptors (Lipinski definition) is 1. The summed E-state index contributed by atoms with van der Waals surface area (Å²) < 4.78 is 66.2. The lowest BCUT2D eigenvalue weighted by atomic mass is 9.97. The van der Waals surface area contributed by atoms with Crippen LogP contribution in [0.15, 0.2) is 36.9 Å². The third-order valence-corrected chi connectivity index (χ3v) is 3.38. The Morgan fingerprint density at radius 3 is 2.13 bits per heavy atom. The second kappa shape index (κ2) is 6.10. The lowest BCUT2D eigenvalue weighted by molar-refractivity contribution is -0.0689. The van der Waals surface area contributed by atoms with Crippen molar-refractivity contribution in [3.05, 3.63) is 59.8 Å². The van der Waals surface area contributed by atoms with E-state index in [4.69, 9.17) is 0 Å². The maximum absolute atomic E-state index is 14.6. The van der Waals surface area contributed by atoms with Gasteiger partial charge in [-0.05, 0) is 41.8 Å². The molecule has 1 nitrogen and oxygen atoms in total. The van der Waals surface area contributed by atoms with Crippen LogP contribution in [0.5, 0.6) is 0 Å². The van der Waals surface area contributed by atoms with E-state index in [1.807, 2.05) is 0 Å². The van der Waals surface area contributed by atoms with Crippen LogP contribution in [0.1, 0.15) is 31.0 Å². The quantitative estimate of drug-likeness (QED) is 0.657. The summed E-state index contributed by atoms with van der Waals surface area (Å²) in [5, 5.41) is 0. The van der Waals surface area contributed by atoms with Gasteiger partial charge in [0.25, 0.3) is 0 Å². The maximum Gasteiger partial charge on any atom is 0.417 e. The van der Waals surface area contributed by atoms with Crippen LogP contribution in [-0.2, 0) is 0 Å². The van der Waals surface area contributed by atoms with Gasteiger partial charge < -0.3 is 0 Å². The Morgan fingerprint density at radius 1 is 1.09 bits per heavy atom. The second-order valence-electron chi connectivity index (χ2n) is 5.40. The number of nitrogens with zero attached hydrogens (tertiary/aromatic N) is 1. The highest BCUT2D eigenvalue weighted by molar-refractivity contribution is 5.70. The maximum atomic E-state index is 14.6. The molecule has 0 atom stereocenters. The molecule has 23 heavy (non-hydrogen) atoms. The number of rotatable bonds is 3. The van der Waals surface area contributed by atoms with Crippen molar-refractivity contribution in [3.63, 3.8) is 0 Å². The van der Waals surface area contributed by atoms with Crippen LogP contribution in [0.4, 0.5) is 22.0 Å². The Bertz CT molecular complexity index is 730. The average Bonchev–Trinajstić information content (AvgIpc) is 2.46. The van der Waals surface area contributed by atoms with Crippen molar-refractivity contribution in [2.24, 2.45) is 0 Å². The summed E-state index contributed by atoms with van der Waals surface area (Å²) in [6, 6.07) is 5.78. The van der Waals surface area contributed by atoms with E-state index in [9.17, 15) is 22.0 Å². The highest BCUT2D eigenvalue weighted by atomic mass is 19.4. The number of pyridine rings is 1. The normalized spacial score (nSPS) is 11.8. The first kappa shape index (κ1) is 17.1. The molecule has 0 amide bonds. The third-order valence-electron chi connectivity index (χ3n) is 3.38. The van der Waals surface area contributed by atoms with E-state index in [-0.39, 0.29) is 22.7 Å². The Balaban J connectivity index is 2.68. The molecule has 2 aromatic rings. The number of allylic oxidation sites excluding steroid dienone is 1. The van der Waals surface area contributed by atoms with Gasteiger partial charge in [-0.15, -0.1) is 0 Å². The lowest BCUT2D eigenvalue weighted by Crippen LogP contribution is -2.12. The molecule has 0 radical (unpaired) electrons. The molecule has 0 saturated heterocycles. The standard InChI is InChI=1S/C17H14F5N/c1-9(2)13-8-14(10(3)17(20,21)22)23-16(15(13)19)11-4-6-12(18)7-5-11/h4-9H,3H2,1-2H3. The van der Waals surface area contributed by atoms with Crippen LogP contribution in [0, 0.1) is 11.6 Å². The van der Waals surface area contributed by atoms with Crippen molar-refractivity contribution in [1.82, 2.24) is 4.98 Å². The molecule has 1 aromatic heterocycles. The fraction of sp³-hybridized carbons (Fsp3) is 0.235. The zero-order valence-corrected chi connectivity index (χ0v) is 12.5. The molecule has 0 spiro atoms. The number of halogens is 5. The van der Waals surface area contributed by atoms with Gasteiger partial charge in [0.05, 0.1) is 11.3 Å². The number of aromatic nitrogens is 1. The molecule has 2 rings (SSSR count). The zero-order valence-electron chi connectivity index (χ0n) is 12.5. The van der Waals surface area contributed by atoms with E-state index in [1.54, 1.807) is 13.8 Å². The predicted molar refractivity (Wildman–Crippen MR) is 78.8 cm³/mol. The summed E-state index contributed by atoms with van der Waals surface area (Å²) in [4.78, 5) is 3.76. The summed E-state index contributed by atoms with van der Waals surface area (Å²) in [5.74, 6) is -1.60. The van der Waals surface area contributed by atoms with Crippen molar-refractivity contribution in [2.45, 2.75) is 25.9 Å². The summed E-state index contributed by atoms with van der Waals surface area (Å²) in [5.41, 5.74) is -1.55. The minimum Gasteiger partial charge on any atom is -0.245 e. The third kappa shape index (κ3) is 3.57. The van der Waals surface area contributed by atoms with Gasteiger partial charge in [0.2, 0.25) is 0 Å². The first-order chi connectivity index (χ1) is 10.6. The summed E-state index contributed by atoms with van der Waals surface area (Å²) in [7, 11) is 0. The van der Waals surface area contributed by atoms with Crippen molar-refractivity contribution < 1.29 is 22.0 Å². The Labute approximate surface area is 130 Å². The van der Waals surface area contributed by atoms with E-state index < -0.39 is 29.1 Å². The van der Waals surface area contributed by atoms with Gasteiger partial charge in [0.1, 0.15) is 11.5 Å². The average molecular weight is 327 g/mol. The predicted octanol–water partition coefficient (Wildman–Crippen LogP) is 5.73. The molecule has 122 valence electrons. The molecule has 0 fully saturated rings. The smallest absolute Gasteiger partial charge is 0.245 e. The Kier molecular flexibility index (Phi) is 4.54.